The second kappa shape index (κ2) is 55.9. The van der Waals surface area contributed by atoms with Crippen molar-refractivity contribution in [3.8, 4) is 0 Å². The van der Waals surface area contributed by atoms with E-state index in [4.69, 9.17) is 314 Å². The molecule has 0 aliphatic carbocycles. The molecule has 3 aliphatic rings. The maximum atomic E-state index is 9.21. The van der Waals surface area contributed by atoms with Gasteiger partial charge >= 0.3 is 0 Å². The maximum absolute atomic E-state index is 9.21. The summed E-state index contributed by atoms with van der Waals surface area (Å²) in [6, 6.07) is 42.4. The zero-order valence-electron chi connectivity index (χ0n) is 72.4. The minimum absolute atomic E-state index is 0. The Balaban J connectivity index is 0.000000350. The van der Waals surface area contributed by atoms with Crippen molar-refractivity contribution in [2.45, 2.75) is 85.2 Å². The first-order chi connectivity index (χ1) is 58.8. The quantitative estimate of drug-likeness (QED) is 0.0325. The normalized spacial score (nSPS) is 15.6. The monoisotopic (exact) mass is 1710 g/mol. The van der Waals surface area contributed by atoms with Crippen LogP contribution >= 0.6 is 75.2 Å². The van der Waals surface area contributed by atoms with Crippen LogP contribution in [-0.4, -0.2) is 514 Å². The highest BCUT2D eigenvalue weighted by atomic mass is 36.0. The Morgan fingerprint density at radius 3 is 0.843 bits per heavy atom. The number of fused-ring (bicyclic) bond motifs is 10. The highest BCUT2D eigenvalue weighted by molar-refractivity contribution is 8.39. The molecule has 4 aromatic carbocycles. The molecule has 4 aromatic heterocycles. The number of rotatable bonds is 32. The second-order valence-corrected chi connectivity index (χ2v) is 43.6. The molecule has 0 amide bonds. The van der Waals surface area contributed by atoms with Crippen LogP contribution in [0.1, 0.15) is 57.9 Å². The zero-order valence-corrected chi connectivity index (χ0v) is 79.1. The number of aromatic nitrogens is 4. The average Bonchev–Trinajstić information content (AvgIpc) is 1.49. The summed E-state index contributed by atoms with van der Waals surface area (Å²) in [6.07, 6.45) is -41.7. The topological polar surface area (TPSA) is 78.5 Å². The van der Waals surface area contributed by atoms with Crippen LogP contribution in [0.15, 0.2) is 121 Å². The van der Waals surface area contributed by atoms with Crippen molar-refractivity contribution in [1.29, 1.82) is 0 Å². The van der Waals surface area contributed by atoms with Gasteiger partial charge in [0, 0.05) is 523 Å². The van der Waals surface area contributed by atoms with Crippen molar-refractivity contribution in [2.24, 2.45) is 0 Å². The maximum Gasteiger partial charge on any atom is 0.241 e. The molecule has 0 saturated carbocycles. The summed E-state index contributed by atoms with van der Waals surface area (Å²) < 4.78 is 24.3. The van der Waals surface area contributed by atoms with Gasteiger partial charge in [0.1, 0.15) is 16.6 Å². The number of hydrogen-bond donors (Lipinski definition) is 2. The molecule has 0 saturated heterocycles. The number of aliphatic hydroxyl groups is 1. The number of aromatic amines is 1. The summed E-state index contributed by atoms with van der Waals surface area (Å²) in [7, 11) is 217. The molecular formula is C47H56B64Cl4N4O4P4. The Bertz CT molecular complexity index is 4120. The molecule has 0 spiro atoms. The van der Waals surface area contributed by atoms with E-state index in [-0.39, 0.29) is 19.6 Å². The van der Waals surface area contributed by atoms with Gasteiger partial charge in [-0.05, 0) is 106 Å². The number of benzene rings is 4. The van der Waals surface area contributed by atoms with E-state index in [1.807, 2.05) is 24.3 Å². The molecule has 7 heterocycles. The fourth-order valence-electron chi connectivity index (χ4n) is 19.3. The van der Waals surface area contributed by atoms with Gasteiger partial charge < -0.3 is 32.3 Å². The van der Waals surface area contributed by atoms with Gasteiger partial charge in [0.05, 0.1) is 41.0 Å². The first-order valence-corrected chi connectivity index (χ1v) is 51.0. The summed E-state index contributed by atoms with van der Waals surface area (Å²) >= 11 is 20.9. The molecule has 3 aliphatic heterocycles. The van der Waals surface area contributed by atoms with Crippen LogP contribution < -0.4 is 0 Å². The molecule has 0 bridgehead atoms. The fourth-order valence-corrected chi connectivity index (χ4v) is 24.7. The molecule has 8 nitrogen and oxygen atoms in total. The van der Waals surface area contributed by atoms with Gasteiger partial charge in [-0.3, -0.25) is 4.34 Å². The van der Waals surface area contributed by atoms with E-state index in [0.29, 0.717) is 18.6 Å². The molecular weight excluding hydrogens is 1640 g/mol. The van der Waals surface area contributed by atoms with Gasteiger partial charge in [0.2, 0.25) is 7.65 Å². The van der Waals surface area contributed by atoms with Crippen LogP contribution in [0.2, 0.25) is 0 Å². The lowest BCUT2D eigenvalue weighted by atomic mass is 8.22. The molecule has 7 atom stereocenters. The van der Waals surface area contributed by atoms with Crippen LogP contribution in [0, 0.1) is 0 Å². The standard InChI is InChI=1S/2C12H14NOP.C11H11ClNOP.C11H13NO.CH4.B64.Cl3P/c2*1-9-7-11-8-10-5-3-4-6-12(10)13(11)15(2)14-9;1-8-6-10-7-9-4-2-3-5-11(9)13(10)15(12)14-8;1-8(13)6-10-7-9-4-2-3-5-11(9)12-10;;1-34(2)50(33)58(49(31)32)62(57(47(27)28)48(29)30)64(61(55(43(19)20)44(21)22)56(45(23)24)46(25)26)63(59(51(35(3)4)36(5)6)52(37(7)8)38(9)10)60(53(39(11)12)40(13)14)54(41(15)16)42(17)18;1-4(2)3/h2*3-6,8-9H,7H2,1-2H3;2-5,7-8H,6H2,1H3;2-5,7-8,12-13H,6H2,1H3;1H4;;/t;;;8-;;;/m...0.../s1. The van der Waals surface area contributed by atoms with Crippen LogP contribution in [0.25, 0.3) is 43.6 Å². The molecule has 11 rings (SSSR count). The lowest BCUT2D eigenvalue weighted by molar-refractivity contribution is 0.194. The molecule has 6 unspecified atom stereocenters. The third-order valence-electron chi connectivity index (χ3n) is 23.9. The van der Waals surface area contributed by atoms with Gasteiger partial charge in [-0.2, -0.15) is 0 Å². The van der Waals surface area contributed by atoms with E-state index in [9.17, 15) is 5.11 Å². The predicted octanol–water partition coefficient (Wildman–Crippen LogP) is -8.01. The molecule has 127 heavy (non-hydrogen) atoms. The van der Waals surface area contributed by atoms with Crippen molar-refractivity contribution >= 4 is 572 Å². The van der Waals surface area contributed by atoms with Crippen molar-refractivity contribution in [2.75, 3.05) is 13.3 Å². The van der Waals surface area contributed by atoms with Crippen molar-refractivity contribution in [3.05, 3.63) is 144 Å². The number of nitrogens with zero attached hydrogens (tertiary/aromatic N) is 3. The fraction of sp³-hybridized carbons (Fsp3) is 0.319. The summed E-state index contributed by atoms with van der Waals surface area (Å²) in [5, 5.41) is 14.3. The minimum Gasteiger partial charge on any atom is -0.393 e. The smallest absolute Gasteiger partial charge is 0.241 e. The summed E-state index contributed by atoms with van der Waals surface area (Å²) in [6.45, 7) is 12.5. The molecule has 66 radical (unpaired) electrons. The third-order valence-corrected chi connectivity index (χ3v) is 29.3. The van der Waals surface area contributed by atoms with Gasteiger partial charge in [0.15, 0.2) is 5.98 Å². The minimum atomic E-state index is -1.60. The first kappa shape index (κ1) is 119. The molecule has 2 N–H and O–H groups in total. The lowest BCUT2D eigenvalue weighted by Gasteiger charge is -2.59. The Morgan fingerprint density at radius 1 is 0.354 bits per heavy atom. The van der Waals surface area contributed by atoms with E-state index in [1.165, 1.54) is 55.2 Å². The van der Waals surface area contributed by atoms with Gasteiger partial charge in [-0.25, -0.2) is 0 Å². The van der Waals surface area contributed by atoms with E-state index >= 15 is 0 Å². The Kier molecular flexibility index (Phi) is 52.6. The molecule has 80 heteroatoms. The zero-order chi connectivity index (χ0) is 95.0. The van der Waals surface area contributed by atoms with Crippen LogP contribution in [0.4, 0.5) is 0 Å². The predicted molar refractivity (Wildman–Crippen MR) is 646 cm³/mol. The largest absolute Gasteiger partial charge is 0.393 e. The summed E-state index contributed by atoms with van der Waals surface area (Å²) in [5.41, 5.74) is 10.2. The van der Waals surface area contributed by atoms with E-state index < -0.39 is 228 Å². The van der Waals surface area contributed by atoms with E-state index in [0.717, 1.165) is 30.5 Å². The lowest BCUT2D eigenvalue weighted by Crippen LogP contribution is -2.97. The Labute approximate surface area is 843 Å². The van der Waals surface area contributed by atoms with Gasteiger partial charge in [0.25, 0.3) is 0 Å². The Morgan fingerprint density at radius 2 is 0.583 bits per heavy atom. The summed E-state index contributed by atoms with van der Waals surface area (Å²) in [5.74, 6) is -1.20. The number of nitrogens with one attached hydrogen (secondary N) is 1. The highest BCUT2D eigenvalue weighted by Gasteiger charge is 2.63. The van der Waals surface area contributed by atoms with Crippen molar-refractivity contribution in [1.82, 2.24) is 18.0 Å². The first-order valence-electron chi connectivity index (χ1n) is 41.5. The second-order valence-electron chi connectivity index (χ2n) is 33.6. The number of H-pyrrole nitrogens is 1. The number of aliphatic hydroxyl groups excluding tert-OH is 1. The van der Waals surface area contributed by atoms with Gasteiger partial charge in [-0.15, -0.1) is 0 Å². The number of hydrogen-bond acceptors (Lipinski definition) is 4. The molecule has 0 fully saturated rings. The molecule has 8 aromatic rings. The van der Waals surface area contributed by atoms with Crippen LogP contribution in [0.5, 0.6) is 0 Å². The third kappa shape index (κ3) is 32.5. The average molecular weight is 1700 g/mol. The summed E-state index contributed by atoms with van der Waals surface area (Å²) in [4.78, 5) is 3.27. The number of halogens is 4. The van der Waals surface area contributed by atoms with E-state index in [1.54, 1.807) is 6.92 Å². The van der Waals surface area contributed by atoms with E-state index in [2.05, 4.69) is 149 Å². The van der Waals surface area contributed by atoms with Crippen molar-refractivity contribution < 1.29 is 18.7 Å². The SMILES string of the molecule is C.CC1Cc2cc3ccccc3n2P(C)O1.CC1Cc2cc3ccccc3n2P(C)O1.CC1Cc2cc3ccccc3n2P(Cl)O1.C[C@H](O)Cc1cc2ccccc2[nH]1.ClP(Cl)Cl.[B]B([B])B([B])B(B([B])[B])B(B(B([B])[B])B([B])[B])B(B(B(B([B])[B])B([B])[B])B(B([B])[B])B([B])[B])B(B(B(B([B])[B])B([B])[B])B(B([B])[B])B([B])[B])B(B(B([B])[B])B([B])[B])B(B([B])[B])B([B])[B]. The number of para-hydroxylation sites is 4. The van der Waals surface area contributed by atoms with Crippen LogP contribution in [-0.2, 0) is 39.3 Å². The Hall–Kier alpha value is 1.92. The van der Waals surface area contributed by atoms with Crippen LogP contribution in [0.3, 0.4) is 0 Å². The van der Waals surface area contributed by atoms with Gasteiger partial charge in [-0.1, -0.05) is 114 Å². The van der Waals surface area contributed by atoms with Crippen molar-refractivity contribution in [3.63, 3.8) is 0 Å². The molecule has 528 valence electrons. The highest BCUT2D eigenvalue weighted by Crippen LogP contribution is 2.53.